The monoisotopic (exact) mass is 522 g/mol. The molecule has 1 heterocycles. The molecule has 0 saturated heterocycles. The molecule has 3 aromatic rings. The molecule has 0 saturated carbocycles. The fraction of sp³-hybridized carbons (Fsp3) is 0.286. The first-order chi connectivity index (χ1) is 14.0. The van der Waals surface area contributed by atoms with E-state index in [9.17, 15) is 4.79 Å². The third kappa shape index (κ3) is 5.96. The molecule has 0 aliphatic rings. The van der Waals surface area contributed by atoms with Crippen molar-refractivity contribution in [3.05, 3.63) is 63.0 Å². The molecule has 152 valence electrons. The molecule has 0 bridgehead atoms. The summed E-state index contributed by atoms with van der Waals surface area (Å²) in [5.74, 6) is 1.73. The minimum Gasteiger partial charge on any atom is -0.486 e. The smallest absolute Gasteiger partial charge is 0.234 e. The van der Waals surface area contributed by atoms with Crippen LogP contribution in [0.25, 0.3) is 0 Å². The van der Waals surface area contributed by atoms with E-state index in [0.717, 1.165) is 26.4 Å². The number of nitrogens with one attached hydrogen (secondary N) is 1. The van der Waals surface area contributed by atoms with Crippen LogP contribution in [0.15, 0.2) is 47.6 Å². The number of thioether (sulfide) groups is 1. The van der Waals surface area contributed by atoms with E-state index >= 15 is 0 Å². The van der Waals surface area contributed by atoms with Gasteiger partial charge in [0.05, 0.1) is 5.75 Å². The van der Waals surface area contributed by atoms with Crippen molar-refractivity contribution in [1.29, 1.82) is 0 Å². The van der Waals surface area contributed by atoms with Crippen molar-refractivity contribution >= 4 is 45.9 Å². The lowest BCUT2D eigenvalue weighted by Gasteiger charge is -2.10. The van der Waals surface area contributed by atoms with Gasteiger partial charge in [0.2, 0.25) is 5.91 Å². The minimum absolute atomic E-state index is 0.0672. The molecule has 0 unspecified atom stereocenters. The lowest BCUT2D eigenvalue weighted by atomic mass is 10.2. The van der Waals surface area contributed by atoms with Gasteiger partial charge in [-0.2, -0.15) is 0 Å². The first kappa shape index (κ1) is 21.6. The number of halogens is 1. The topological polar surface area (TPSA) is 69.0 Å². The Hall–Kier alpha value is -2.07. The standard InChI is InChI=1S/C21H23IN4O2S/c1-4-26-19(12-28-17-8-5-14(2)6-9-17)24-25-21(26)29-13-20(27)23-18-10-7-16(22)11-15(18)3/h5-11H,4,12-13H2,1-3H3,(H,23,27). The van der Waals surface area contributed by atoms with Gasteiger partial charge in [0, 0.05) is 15.8 Å². The molecule has 1 N–H and O–H groups in total. The van der Waals surface area contributed by atoms with Crippen LogP contribution in [-0.4, -0.2) is 26.4 Å². The highest BCUT2D eigenvalue weighted by molar-refractivity contribution is 14.1. The number of carbonyl (C=O) groups excluding carboxylic acids is 1. The van der Waals surface area contributed by atoms with Crippen molar-refractivity contribution in [2.45, 2.75) is 39.1 Å². The zero-order valence-electron chi connectivity index (χ0n) is 16.6. The van der Waals surface area contributed by atoms with Crippen LogP contribution in [0.3, 0.4) is 0 Å². The van der Waals surface area contributed by atoms with Crippen molar-refractivity contribution < 1.29 is 9.53 Å². The first-order valence-corrected chi connectivity index (χ1v) is 11.3. The summed E-state index contributed by atoms with van der Waals surface area (Å²) < 4.78 is 8.93. The largest absolute Gasteiger partial charge is 0.486 e. The molecule has 1 aromatic heterocycles. The second-order valence-corrected chi connectivity index (χ2v) is 8.73. The van der Waals surface area contributed by atoms with Crippen molar-refractivity contribution in [2.24, 2.45) is 0 Å². The van der Waals surface area contributed by atoms with E-state index < -0.39 is 0 Å². The van der Waals surface area contributed by atoms with E-state index in [1.54, 1.807) is 0 Å². The van der Waals surface area contributed by atoms with Crippen LogP contribution in [0.4, 0.5) is 5.69 Å². The zero-order chi connectivity index (χ0) is 20.8. The molecule has 1 amide bonds. The van der Waals surface area contributed by atoms with E-state index in [-0.39, 0.29) is 11.7 Å². The van der Waals surface area contributed by atoms with E-state index in [1.165, 1.54) is 17.3 Å². The summed E-state index contributed by atoms with van der Waals surface area (Å²) in [5, 5.41) is 12.1. The van der Waals surface area contributed by atoms with E-state index in [1.807, 2.05) is 67.8 Å². The Labute approximate surface area is 188 Å². The maximum atomic E-state index is 12.4. The SMILES string of the molecule is CCn1c(COc2ccc(C)cc2)nnc1SCC(=O)Nc1ccc(I)cc1C. The molecular weight excluding hydrogens is 499 g/mol. The fourth-order valence-electron chi connectivity index (χ4n) is 2.72. The number of benzene rings is 2. The molecule has 29 heavy (non-hydrogen) atoms. The number of nitrogens with zero attached hydrogens (tertiary/aromatic N) is 3. The van der Waals surface area contributed by atoms with E-state index in [0.29, 0.717) is 18.3 Å². The van der Waals surface area contributed by atoms with Gasteiger partial charge in [-0.05, 0) is 79.3 Å². The average molecular weight is 522 g/mol. The van der Waals surface area contributed by atoms with Gasteiger partial charge in [0.1, 0.15) is 12.4 Å². The summed E-state index contributed by atoms with van der Waals surface area (Å²) in [7, 11) is 0. The molecule has 0 fully saturated rings. The van der Waals surface area contributed by atoms with Gasteiger partial charge in [-0.25, -0.2) is 0 Å². The van der Waals surface area contributed by atoms with Crippen LogP contribution < -0.4 is 10.1 Å². The normalized spacial score (nSPS) is 10.8. The number of hydrogen-bond donors (Lipinski definition) is 1. The molecule has 0 aliphatic heterocycles. The molecule has 0 aliphatic carbocycles. The van der Waals surface area contributed by atoms with Gasteiger partial charge in [-0.1, -0.05) is 29.5 Å². The Morgan fingerprint density at radius 2 is 1.93 bits per heavy atom. The van der Waals surface area contributed by atoms with Gasteiger partial charge in [0.15, 0.2) is 11.0 Å². The predicted octanol–water partition coefficient (Wildman–Crippen LogP) is 4.83. The van der Waals surface area contributed by atoms with Crippen LogP contribution in [-0.2, 0) is 17.9 Å². The summed E-state index contributed by atoms with van der Waals surface area (Å²) in [6.45, 7) is 7.09. The highest BCUT2D eigenvalue weighted by atomic mass is 127. The van der Waals surface area contributed by atoms with Crippen LogP contribution >= 0.6 is 34.4 Å². The van der Waals surface area contributed by atoms with Gasteiger partial charge >= 0.3 is 0 Å². The molecule has 8 heteroatoms. The van der Waals surface area contributed by atoms with Crippen molar-refractivity contribution in [3.8, 4) is 5.75 Å². The van der Waals surface area contributed by atoms with Gasteiger partial charge in [0.25, 0.3) is 0 Å². The number of rotatable bonds is 8. The fourth-order valence-corrected chi connectivity index (χ4v) is 4.18. The second kappa shape index (κ2) is 10.1. The third-order valence-electron chi connectivity index (χ3n) is 4.29. The average Bonchev–Trinajstić information content (AvgIpc) is 3.10. The van der Waals surface area contributed by atoms with Crippen LogP contribution in [0.5, 0.6) is 5.75 Å². The maximum absolute atomic E-state index is 12.4. The lowest BCUT2D eigenvalue weighted by Crippen LogP contribution is -2.15. The van der Waals surface area contributed by atoms with Crippen molar-refractivity contribution in [1.82, 2.24) is 14.8 Å². The van der Waals surface area contributed by atoms with Gasteiger partial charge < -0.3 is 14.6 Å². The van der Waals surface area contributed by atoms with Crippen molar-refractivity contribution in [3.63, 3.8) is 0 Å². The summed E-state index contributed by atoms with van der Waals surface area (Å²) in [6.07, 6.45) is 0. The number of anilines is 1. The Bertz CT molecular complexity index is 989. The maximum Gasteiger partial charge on any atom is 0.234 e. The molecular formula is C21H23IN4O2S. The molecule has 3 rings (SSSR count). The minimum atomic E-state index is -0.0672. The number of ether oxygens (including phenoxy) is 1. The first-order valence-electron chi connectivity index (χ1n) is 9.26. The summed E-state index contributed by atoms with van der Waals surface area (Å²) in [6, 6.07) is 13.8. The van der Waals surface area contributed by atoms with Crippen LogP contribution in [0.2, 0.25) is 0 Å². The molecule has 2 aromatic carbocycles. The van der Waals surface area contributed by atoms with E-state index in [4.69, 9.17) is 4.74 Å². The highest BCUT2D eigenvalue weighted by Crippen LogP contribution is 2.21. The number of aryl methyl sites for hydroxylation is 2. The molecule has 0 atom stereocenters. The second-order valence-electron chi connectivity index (χ2n) is 6.54. The molecule has 6 nitrogen and oxygen atoms in total. The Morgan fingerprint density at radius 1 is 1.17 bits per heavy atom. The van der Waals surface area contributed by atoms with Gasteiger partial charge in [-0.3, -0.25) is 4.79 Å². The Balaban J connectivity index is 1.58. The lowest BCUT2D eigenvalue weighted by molar-refractivity contribution is -0.113. The van der Waals surface area contributed by atoms with E-state index in [2.05, 4.69) is 38.1 Å². The number of aromatic nitrogens is 3. The third-order valence-corrected chi connectivity index (χ3v) is 5.93. The van der Waals surface area contributed by atoms with Crippen LogP contribution in [0.1, 0.15) is 23.9 Å². The summed E-state index contributed by atoms with van der Waals surface area (Å²) in [5.41, 5.74) is 3.06. The Kier molecular flexibility index (Phi) is 7.54. The highest BCUT2D eigenvalue weighted by Gasteiger charge is 2.14. The Morgan fingerprint density at radius 3 is 2.62 bits per heavy atom. The van der Waals surface area contributed by atoms with Gasteiger partial charge in [-0.15, -0.1) is 10.2 Å². The van der Waals surface area contributed by atoms with Crippen LogP contribution in [0, 0.1) is 17.4 Å². The summed E-state index contributed by atoms with van der Waals surface area (Å²) in [4.78, 5) is 12.4. The number of hydrogen-bond acceptors (Lipinski definition) is 5. The number of amides is 1. The quantitative estimate of drug-likeness (QED) is 0.339. The van der Waals surface area contributed by atoms with Crippen molar-refractivity contribution in [2.75, 3.05) is 11.1 Å². The number of carbonyl (C=O) groups is 1. The molecule has 0 radical (unpaired) electrons. The molecule has 0 spiro atoms. The predicted molar refractivity (Wildman–Crippen MR) is 124 cm³/mol. The zero-order valence-corrected chi connectivity index (χ0v) is 19.6. The summed E-state index contributed by atoms with van der Waals surface area (Å²) >= 11 is 3.63.